The first-order valence-electron chi connectivity index (χ1n) is 6.77. The van der Waals surface area contributed by atoms with E-state index in [0.717, 1.165) is 0 Å². The highest BCUT2D eigenvalue weighted by molar-refractivity contribution is 5.87. The molecule has 3 atom stereocenters. The highest BCUT2D eigenvalue weighted by Gasteiger charge is 2.28. The van der Waals surface area contributed by atoms with Crippen molar-refractivity contribution in [3.05, 3.63) is 0 Å². The zero-order chi connectivity index (χ0) is 15.9. The number of primary amides is 1. The van der Waals surface area contributed by atoms with Crippen LogP contribution in [0.3, 0.4) is 0 Å². The first-order valence-corrected chi connectivity index (χ1v) is 6.77. The highest BCUT2D eigenvalue weighted by Crippen LogP contribution is 2.11. The lowest BCUT2D eigenvalue weighted by Gasteiger charge is -2.27. The summed E-state index contributed by atoms with van der Waals surface area (Å²) in [7, 11) is 0. The lowest BCUT2D eigenvalue weighted by Crippen LogP contribution is -2.54. The van der Waals surface area contributed by atoms with Crippen LogP contribution in [0, 0.1) is 11.8 Å². The van der Waals surface area contributed by atoms with Crippen molar-refractivity contribution in [2.75, 3.05) is 0 Å². The second-order valence-corrected chi connectivity index (χ2v) is 5.33. The molecule has 5 N–H and O–H groups in total. The molecule has 116 valence electrons. The summed E-state index contributed by atoms with van der Waals surface area (Å²) < 4.78 is 0. The number of amides is 3. The molecular formula is C13H25N3O4. The number of aliphatic carboxylic acids is 1. The molecular weight excluding hydrogens is 262 g/mol. The summed E-state index contributed by atoms with van der Waals surface area (Å²) in [5.41, 5.74) is 5.07. The Balaban J connectivity index is 4.86. The molecule has 0 bridgehead atoms. The molecule has 7 heteroatoms. The molecule has 0 aromatic heterocycles. The molecule has 0 aromatic rings. The van der Waals surface area contributed by atoms with Gasteiger partial charge in [-0.2, -0.15) is 0 Å². The molecule has 0 aromatic carbocycles. The van der Waals surface area contributed by atoms with Crippen LogP contribution in [0.4, 0.5) is 4.79 Å². The molecule has 0 heterocycles. The SMILES string of the molecule is CCC(C)C(NC(N)=O)C(=O)NC(CC(=O)O)C(C)C. The molecule has 0 aliphatic carbocycles. The van der Waals surface area contributed by atoms with E-state index in [-0.39, 0.29) is 18.3 Å². The van der Waals surface area contributed by atoms with E-state index in [0.29, 0.717) is 6.42 Å². The lowest BCUT2D eigenvalue weighted by molar-refractivity contribution is -0.138. The van der Waals surface area contributed by atoms with Crippen LogP contribution < -0.4 is 16.4 Å². The van der Waals surface area contributed by atoms with E-state index in [1.165, 1.54) is 0 Å². The van der Waals surface area contributed by atoms with Crippen LogP contribution in [-0.2, 0) is 9.59 Å². The van der Waals surface area contributed by atoms with Gasteiger partial charge >= 0.3 is 12.0 Å². The van der Waals surface area contributed by atoms with E-state index < -0.39 is 30.0 Å². The third kappa shape index (κ3) is 6.40. The van der Waals surface area contributed by atoms with E-state index in [1.807, 2.05) is 27.7 Å². The van der Waals surface area contributed by atoms with Gasteiger partial charge in [0.05, 0.1) is 6.42 Å². The summed E-state index contributed by atoms with van der Waals surface area (Å²) in [5, 5.41) is 13.9. The summed E-state index contributed by atoms with van der Waals surface area (Å²) in [5.74, 6) is -1.51. The Kier molecular flexibility index (Phi) is 7.64. The maximum atomic E-state index is 12.2. The molecule has 0 spiro atoms. The van der Waals surface area contributed by atoms with Gasteiger partial charge < -0.3 is 21.5 Å². The van der Waals surface area contributed by atoms with Crippen molar-refractivity contribution in [3.63, 3.8) is 0 Å². The Labute approximate surface area is 119 Å². The average molecular weight is 287 g/mol. The summed E-state index contributed by atoms with van der Waals surface area (Å²) in [6.45, 7) is 7.37. The van der Waals surface area contributed by atoms with E-state index in [4.69, 9.17) is 10.8 Å². The third-order valence-corrected chi connectivity index (χ3v) is 3.32. The van der Waals surface area contributed by atoms with Gasteiger partial charge in [-0.05, 0) is 11.8 Å². The second-order valence-electron chi connectivity index (χ2n) is 5.33. The van der Waals surface area contributed by atoms with Crippen LogP contribution in [0.15, 0.2) is 0 Å². The number of nitrogens with two attached hydrogens (primary N) is 1. The summed E-state index contributed by atoms with van der Waals surface area (Å²) in [6, 6.07) is -2.02. The minimum atomic E-state index is -0.980. The van der Waals surface area contributed by atoms with E-state index in [2.05, 4.69) is 10.6 Å². The van der Waals surface area contributed by atoms with Crippen LogP contribution in [0.5, 0.6) is 0 Å². The third-order valence-electron chi connectivity index (χ3n) is 3.32. The van der Waals surface area contributed by atoms with Crippen LogP contribution in [0.25, 0.3) is 0 Å². The molecule has 7 nitrogen and oxygen atoms in total. The number of hydrogen-bond acceptors (Lipinski definition) is 3. The Morgan fingerprint density at radius 3 is 2.05 bits per heavy atom. The van der Waals surface area contributed by atoms with Gasteiger partial charge in [0.25, 0.3) is 0 Å². The molecule has 20 heavy (non-hydrogen) atoms. The number of urea groups is 1. The Morgan fingerprint density at radius 1 is 1.15 bits per heavy atom. The number of carbonyl (C=O) groups is 3. The smallest absolute Gasteiger partial charge is 0.312 e. The zero-order valence-electron chi connectivity index (χ0n) is 12.5. The van der Waals surface area contributed by atoms with Crippen molar-refractivity contribution in [2.45, 2.75) is 52.6 Å². The maximum absolute atomic E-state index is 12.2. The fraction of sp³-hybridized carbons (Fsp3) is 0.769. The van der Waals surface area contributed by atoms with Gasteiger partial charge in [-0.3, -0.25) is 9.59 Å². The minimum Gasteiger partial charge on any atom is -0.481 e. The van der Waals surface area contributed by atoms with Gasteiger partial charge in [-0.1, -0.05) is 34.1 Å². The largest absolute Gasteiger partial charge is 0.481 e. The predicted octanol–water partition coefficient (Wildman–Crippen LogP) is 0.685. The molecule has 0 saturated carbocycles. The van der Waals surface area contributed by atoms with E-state index >= 15 is 0 Å². The molecule has 0 radical (unpaired) electrons. The Morgan fingerprint density at radius 2 is 1.70 bits per heavy atom. The molecule has 3 unspecified atom stereocenters. The molecule has 0 fully saturated rings. The predicted molar refractivity (Wildman–Crippen MR) is 75.0 cm³/mol. The lowest BCUT2D eigenvalue weighted by atomic mass is 9.96. The summed E-state index contributed by atoms with van der Waals surface area (Å²) >= 11 is 0. The molecule has 0 aliphatic heterocycles. The topological polar surface area (TPSA) is 122 Å². The van der Waals surface area contributed by atoms with E-state index in [9.17, 15) is 14.4 Å². The van der Waals surface area contributed by atoms with Crippen LogP contribution in [-0.4, -0.2) is 35.1 Å². The number of nitrogens with one attached hydrogen (secondary N) is 2. The van der Waals surface area contributed by atoms with Crippen molar-refractivity contribution >= 4 is 17.9 Å². The van der Waals surface area contributed by atoms with Gasteiger partial charge in [0, 0.05) is 6.04 Å². The van der Waals surface area contributed by atoms with Gasteiger partial charge in [0.15, 0.2) is 0 Å². The average Bonchev–Trinajstić information content (AvgIpc) is 2.33. The van der Waals surface area contributed by atoms with E-state index in [1.54, 1.807) is 0 Å². The monoisotopic (exact) mass is 287 g/mol. The van der Waals surface area contributed by atoms with Gasteiger partial charge in [0.1, 0.15) is 6.04 Å². The molecule has 0 rings (SSSR count). The van der Waals surface area contributed by atoms with Gasteiger partial charge in [-0.25, -0.2) is 4.79 Å². The van der Waals surface area contributed by atoms with Crippen molar-refractivity contribution in [3.8, 4) is 0 Å². The van der Waals surface area contributed by atoms with Gasteiger partial charge in [0.2, 0.25) is 5.91 Å². The van der Waals surface area contributed by atoms with Crippen LogP contribution >= 0.6 is 0 Å². The standard InChI is InChI=1S/C13H25N3O4/c1-5-8(4)11(16-13(14)20)12(19)15-9(7(2)3)6-10(17)18/h7-9,11H,5-6H2,1-4H3,(H,15,19)(H,17,18)(H3,14,16,20). The van der Waals surface area contributed by atoms with Crippen LogP contribution in [0.1, 0.15) is 40.5 Å². The normalized spacial score (nSPS) is 15.2. The molecule has 3 amide bonds. The fourth-order valence-electron chi connectivity index (χ4n) is 1.77. The number of carboxylic acids is 1. The van der Waals surface area contributed by atoms with Crippen molar-refractivity contribution < 1.29 is 19.5 Å². The van der Waals surface area contributed by atoms with Crippen molar-refractivity contribution in [1.29, 1.82) is 0 Å². The Bertz CT molecular complexity index is 358. The van der Waals surface area contributed by atoms with Crippen molar-refractivity contribution in [2.24, 2.45) is 17.6 Å². The zero-order valence-corrected chi connectivity index (χ0v) is 12.5. The molecule has 0 aliphatic rings. The summed E-state index contributed by atoms with van der Waals surface area (Å²) in [4.78, 5) is 34.0. The quantitative estimate of drug-likeness (QED) is 0.524. The Hall–Kier alpha value is -1.79. The number of carbonyl (C=O) groups excluding carboxylic acids is 2. The minimum absolute atomic E-state index is 0.0267. The first-order chi connectivity index (χ1) is 9.18. The molecule has 0 saturated heterocycles. The second kappa shape index (κ2) is 8.39. The van der Waals surface area contributed by atoms with Crippen LogP contribution in [0.2, 0.25) is 0 Å². The van der Waals surface area contributed by atoms with Crippen molar-refractivity contribution in [1.82, 2.24) is 10.6 Å². The fourth-order valence-corrected chi connectivity index (χ4v) is 1.77. The number of rotatable bonds is 8. The number of hydrogen-bond donors (Lipinski definition) is 4. The maximum Gasteiger partial charge on any atom is 0.312 e. The van der Waals surface area contributed by atoms with Gasteiger partial charge in [-0.15, -0.1) is 0 Å². The number of carboxylic acid groups (broad SMARTS) is 1. The summed E-state index contributed by atoms with van der Waals surface area (Å²) in [6.07, 6.45) is 0.525. The first kappa shape index (κ1) is 18.2. The highest BCUT2D eigenvalue weighted by atomic mass is 16.4.